The van der Waals surface area contributed by atoms with Crippen LogP contribution in [0.5, 0.6) is 0 Å². The highest BCUT2D eigenvalue weighted by Crippen LogP contribution is 2.13. The van der Waals surface area contributed by atoms with E-state index in [0.717, 1.165) is 5.56 Å². The van der Waals surface area contributed by atoms with Gasteiger partial charge in [-0.15, -0.1) is 0 Å². The Morgan fingerprint density at radius 1 is 0.880 bits per heavy atom. The summed E-state index contributed by atoms with van der Waals surface area (Å²) in [4.78, 5) is 24.9. The number of benzene rings is 2. The molecule has 0 spiro atoms. The van der Waals surface area contributed by atoms with Crippen LogP contribution in [0, 0.1) is 11.7 Å². The van der Waals surface area contributed by atoms with Gasteiger partial charge >= 0.3 is 0 Å². The third-order valence-corrected chi connectivity index (χ3v) is 4.01. The van der Waals surface area contributed by atoms with E-state index in [2.05, 4.69) is 10.6 Å². The summed E-state index contributed by atoms with van der Waals surface area (Å²) in [6.45, 7) is 5.54. The van der Waals surface area contributed by atoms with E-state index < -0.39 is 17.8 Å². The van der Waals surface area contributed by atoms with Gasteiger partial charge in [0.1, 0.15) is 11.9 Å². The van der Waals surface area contributed by atoms with Gasteiger partial charge in [-0.05, 0) is 30.5 Å². The number of nitrogens with one attached hydrogen (secondary N) is 2. The summed E-state index contributed by atoms with van der Waals surface area (Å²) in [6.07, 6.45) is 0. The third kappa shape index (κ3) is 4.89. The average molecular weight is 342 g/mol. The van der Waals surface area contributed by atoms with E-state index in [9.17, 15) is 14.0 Å². The quantitative estimate of drug-likeness (QED) is 0.845. The van der Waals surface area contributed by atoms with Crippen LogP contribution in [0.1, 0.15) is 42.7 Å². The molecule has 2 amide bonds. The minimum Gasteiger partial charge on any atom is -0.348 e. The molecular weight excluding hydrogens is 319 g/mol. The molecule has 0 unspecified atom stereocenters. The van der Waals surface area contributed by atoms with Crippen molar-refractivity contribution in [2.45, 2.75) is 32.9 Å². The lowest BCUT2D eigenvalue weighted by atomic mass is 10.0. The van der Waals surface area contributed by atoms with E-state index in [0.29, 0.717) is 0 Å². The molecule has 0 fully saturated rings. The molecule has 2 aromatic rings. The van der Waals surface area contributed by atoms with Gasteiger partial charge in [-0.1, -0.05) is 56.3 Å². The van der Waals surface area contributed by atoms with Crippen LogP contribution in [0.4, 0.5) is 4.39 Å². The molecule has 132 valence electrons. The molecule has 0 bridgehead atoms. The van der Waals surface area contributed by atoms with Crippen LogP contribution < -0.4 is 10.6 Å². The van der Waals surface area contributed by atoms with Crippen LogP contribution in [-0.4, -0.2) is 17.9 Å². The summed E-state index contributed by atoms with van der Waals surface area (Å²) < 4.78 is 13.8. The Balaban J connectivity index is 2.08. The normalized spacial score (nSPS) is 13.2. The lowest BCUT2D eigenvalue weighted by molar-refractivity contribution is -0.124. The Morgan fingerprint density at radius 2 is 1.48 bits per heavy atom. The number of carbonyl (C=O) groups excluding carboxylic acids is 2. The van der Waals surface area contributed by atoms with Crippen LogP contribution in [0.2, 0.25) is 0 Å². The Hall–Kier alpha value is -2.69. The zero-order valence-corrected chi connectivity index (χ0v) is 14.6. The van der Waals surface area contributed by atoms with E-state index >= 15 is 0 Å². The minimum absolute atomic E-state index is 0.0722. The van der Waals surface area contributed by atoms with E-state index in [1.165, 1.54) is 18.2 Å². The van der Waals surface area contributed by atoms with Crippen molar-refractivity contribution in [2.75, 3.05) is 0 Å². The van der Waals surface area contributed by atoms with Crippen LogP contribution in [0.15, 0.2) is 54.6 Å². The van der Waals surface area contributed by atoms with Crippen molar-refractivity contribution in [3.8, 4) is 0 Å². The monoisotopic (exact) mass is 342 g/mol. The number of hydrogen-bond acceptors (Lipinski definition) is 2. The molecular formula is C20H23FN2O2. The average Bonchev–Trinajstić information content (AvgIpc) is 2.60. The van der Waals surface area contributed by atoms with Crippen molar-refractivity contribution in [1.82, 2.24) is 10.6 Å². The van der Waals surface area contributed by atoms with Crippen LogP contribution in [0.25, 0.3) is 0 Å². The van der Waals surface area contributed by atoms with E-state index in [4.69, 9.17) is 0 Å². The maximum Gasteiger partial charge on any atom is 0.254 e. The number of halogens is 1. The highest BCUT2D eigenvalue weighted by atomic mass is 19.1. The molecule has 0 aliphatic carbocycles. The van der Waals surface area contributed by atoms with Crippen molar-refractivity contribution < 1.29 is 14.0 Å². The van der Waals surface area contributed by atoms with E-state index in [1.807, 2.05) is 51.1 Å². The van der Waals surface area contributed by atoms with Gasteiger partial charge in [-0.3, -0.25) is 9.59 Å². The smallest absolute Gasteiger partial charge is 0.254 e. The van der Waals surface area contributed by atoms with Gasteiger partial charge in [-0.2, -0.15) is 0 Å². The van der Waals surface area contributed by atoms with Crippen LogP contribution in [0.3, 0.4) is 0 Å². The van der Waals surface area contributed by atoms with Crippen molar-refractivity contribution in [3.05, 3.63) is 71.5 Å². The Morgan fingerprint density at radius 3 is 2.08 bits per heavy atom. The number of amides is 2. The first-order chi connectivity index (χ1) is 11.9. The summed E-state index contributed by atoms with van der Waals surface area (Å²) in [5.74, 6) is -1.64. The van der Waals surface area contributed by atoms with Gasteiger partial charge in [0, 0.05) is 0 Å². The van der Waals surface area contributed by atoms with Gasteiger partial charge in [0.05, 0.1) is 11.6 Å². The first-order valence-corrected chi connectivity index (χ1v) is 8.31. The van der Waals surface area contributed by atoms with Crippen molar-refractivity contribution in [2.24, 2.45) is 5.92 Å². The number of hydrogen-bond donors (Lipinski definition) is 2. The summed E-state index contributed by atoms with van der Waals surface area (Å²) >= 11 is 0. The summed E-state index contributed by atoms with van der Waals surface area (Å²) in [7, 11) is 0. The van der Waals surface area contributed by atoms with Gasteiger partial charge in [0.15, 0.2) is 0 Å². The SMILES string of the molecule is CC(C)[C@H](NC(=O)c1ccccc1F)C(=O)N[C@@H](C)c1ccccc1. The first-order valence-electron chi connectivity index (χ1n) is 8.31. The molecule has 0 aromatic heterocycles. The second-order valence-corrected chi connectivity index (χ2v) is 6.32. The summed E-state index contributed by atoms with van der Waals surface area (Å²) in [5.41, 5.74) is 0.899. The fourth-order valence-corrected chi connectivity index (χ4v) is 2.53. The van der Waals surface area contributed by atoms with Gasteiger partial charge in [0.25, 0.3) is 5.91 Å². The van der Waals surface area contributed by atoms with Crippen LogP contribution >= 0.6 is 0 Å². The molecule has 2 N–H and O–H groups in total. The molecule has 0 aliphatic heterocycles. The second-order valence-electron chi connectivity index (χ2n) is 6.32. The lowest BCUT2D eigenvalue weighted by Crippen LogP contribution is -2.50. The number of carbonyl (C=O) groups is 2. The molecule has 0 radical (unpaired) electrons. The van der Waals surface area contributed by atoms with Crippen molar-refractivity contribution in [3.63, 3.8) is 0 Å². The molecule has 0 aliphatic rings. The minimum atomic E-state index is -0.752. The summed E-state index contributed by atoms with van der Waals surface area (Å²) in [5, 5.41) is 5.54. The Kier molecular flexibility index (Phi) is 6.28. The first kappa shape index (κ1) is 18.6. The Bertz CT molecular complexity index is 731. The standard InChI is InChI=1S/C20H23FN2O2/c1-13(2)18(23-19(24)16-11-7-8-12-17(16)21)20(25)22-14(3)15-9-5-4-6-10-15/h4-14,18H,1-3H3,(H,22,25)(H,23,24)/t14-,18-/m0/s1. The third-order valence-electron chi connectivity index (χ3n) is 4.01. The van der Waals surface area contributed by atoms with E-state index in [1.54, 1.807) is 6.07 Å². The summed E-state index contributed by atoms with van der Waals surface area (Å²) in [6, 6.07) is 14.3. The van der Waals surface area contributed by atoms with Gasteiger partial charge < -0.3 is 10.6 Å². The topological polar surface area (TPSA) is 58.2 Å². The highest BCUT2D eigenvalue weighted by molar-refractivity contribution is 5.97. The fourth-order valence-electron chi connectivity index (χ4n) is 2.53. The molecule has 2 atom stereocenters. The van der Waals surface area contributed by atoms with Crippen molar-refractivity contribution in [1.29, 1.82) is 0 Å². The van der Waals surface area contributed by atoms with Crippen LogP contribution in [-0.2, 0) is 4.79 Å². The maximum atomic E-state index is 13.8. The largest absolute Gasteiger partial charge is 0.348 e. The zero-order chi connectivity index (χ0) is 18.4. The molecule has 2 rings (SSSR count). The predicted octanol–water partition coefficient (Wildman–Crippen LogP) is 3.46. The van der Waals surface area contributed by atoms with E-state index in [-0.39, 0.29) is 23.4 Å². The Labute approximate surface area is 147 Å². The fraction of sp³-hybridized carbons (Fsp3) is 0.300. The van der Waals surface area contributed by atoms with Gasteiger partial charge in [-0.25, -0.2) is 4.39 Å². The highest BCUT2D eigenvalue weighted by Gasteiger charge is 2.26. The lowest BCUT2D eigenvalue weighted by Gasteiger charge is -2.24. The molecule has 4 nitrogen and oxygen atoms in total. The number of rotatable bonds is 6. The molecule has 25 heavy (non-hydrogen) atoms. The second kappa shape index (κ2) is 8.42. The van der Waals surface area contributed by atoms with Crippen molar-refractivity contribution >= 4 is 11.8 Å². The molecule has 0 heterocycles. The predicted molar refractivity (Wildman–Crippen MR) is 95.5 cm³/mol. The molecule has 5 heteroatoms. The molecule has 0 saturated carbocycles. The molecule has 2 aromatic carbocycles. The molecule has 0 saturated heterocycles. The maximum absolute atomic E-state index is 13.8. The zero-order valence-electron chi connectivity index (χ0n) is 14.6. The van der Waals surface area contributed by atoms with Gasteiger partial charge in [0.2, 0.25) is 5.91 Å².